The summed E-state index contributed by atoms with van der Waals surface area (Å²) in [5.74, 6) is 0. The molecule has 0 unspecified atom stereocenters. The molecule has 0 saturated heterocycles. The minimum atomic E-state index is -0.639. The molecule has 0 aliphatic carbocycles. The van der Waals surface area contributed by atoms with Crippen LogP contribution < -0.4 is 0 Å². The number of benzene rings is 1. The Labute approximate surface area is 91.6 Å². The third-order valence-corrected chi connectivity index (χ3v) is 2.03. The van der Waals surface area contributed by atoms with Gasteiger partial charge in [-0.05, 0) is 19.4 Å². The van der Waals surface area contributed by atoms with Gasteiger partial charge in [0.25, 0.3) is 11.4 Å². The summed E-state index contributed by atoms with van der Waals surface area (Å²) in [6.07, 6.45) is 0. The summed E-state index contributed by atoms with van der Waals surface area (Å²) in [5, 5.41) is 28.0. The molecule has 88 valence electrons. The Bertz CT molecular complexity index is 417. The molecule has 7 nitrogen and oxygen atoms in total. The molecule has 0 bridgehead atoms. The molecule has 0 aromatic heterocycles. The van der Waals surface area contributed by atoms with Gasteiger partial charge in [-0.3, -0.25) is 20.2 Å². The summed E-state index contributed by atoms with van der Waals surface area (Å²) < 4.78 is 0. The fourth-order valence-electron chi connectivity index (χ4n) is 1.12. The van der Waals surface area contributed by atoms with Crippen LogP contribution in [0.3, 0.4) is 0 Å². The number of nitro groups is 2. The Kier molecular flexibility index (Phi) is 5.03. The van der Waals surface area contributed by atoms with Gasteiger partial charge in [-0.15, -0.1) is 0 Å². The lowest BCUT2D eigenvalue weighted by atomic mass is 10.1. The minimum Gasteiger partial charge on any atom is -0.400 e. The topological polar surface area (TPSA) is 107 Å². The maximum Gasteiger partial charge on any atom is 0.279 e. The SMILES string of the molecule is CO.Cc1cc([N+](=O)[O-])cc([N+](=O)[O-])c1C. The van der Waals surface area contributed by atoms with Gasteiger partial charge in [0.2, 0.25) is 0 Å². The van der Waals surface area contributed by atoms with E-state index in [0.29, 0.717) is 11.1 Å². The van der Waals surface area contributed by atoms with Crippen LogP contribution in [-0.4, -0.2) is 22.1 Å². The molecule has 0 aliphatic rings. The molecular formula is C9H12N2O5. The smallest absolute Gasteiger partial charge is 0.279 e. The van der Waals surface area contributed by atoms with Crippen molar-refractivity contribution in [3.63, 3.8) is 0 Å². The molecule has 0 amide bonds. The second-order valence-corrected chi connectivity index (χ2v) is 2.92. The molecule has 1 aromatic rings. The molecule has 0 radical (unpaired) electrons. The highest BCUT2D eigenvalue weighted by molar-refractivity contribution is 5.52. The van der Waals surface area contributed by atoms with Gasteiger partial charge in [-0.25, -0.2) is 0 Å². The summed E-state index contributed by atoms with van der Waals surface area (Å²) in [7, 11) is 1.00. The number of non-ortho nitro benzene ring substituents is 1. The van der Waals surface area contributed by atoms with E-state index in [4.69, 9.17) is 5.11 Å². The first-order chi connectivity index (χ1) is 7.43. The Morgan fingerprint density at radius 1 is 1.06 bits per heavy atom. The van der Waals surface area contributed by atoms with Crippen LogP contribution in [0.1, 0.15) is 11.1 Å². The average molecular weight is 228 g/mol. The Morgan fingerprint density at radius 2 is 1.56 bits per heavy atom. The summed E-state index contributed by atoms with van der Waals surface area (Å²) >= 11 is 0. The Morgan fingerprint density at radius 3 is 1.94 bits per heavy atom. The standard InChI is InChI=1S/C8H8N2O4.CH4O/c1-5-3-7(9(11)12)4-8(6(5)2)10(13)14;1-2/h3-4H,1-2H3;2H,1H3. The number of hydrogen-bond acceptors (Lipinski definition) is 5. The van der Waals surface area contributed by atoms with E-state index in [2.05, 4.69) is 0 Å². The highest BCUT2D eigenvalue weighted by atomic mass is 16.6. The van der Waals surface area contributed by atoms with Crippen LogP contribution in [0, 0.1) is 34.1 Å². The van der Waals surface area contributed by atoms with Crippen molar-refractivity contribution in [1.82, 2.24) is 0 Å². The number of aryl methyl sites for hydroxylation is 1. The highest BCUT2D eigenvalue weighted by Gasteiger charge is 2.18. The van der Waals surface area contributed by atoms with E-state index in [-0.39, 0.29) is 11.4 Å². The molecule has 0 heterocycles. The van der Waals surface area contributed by atoms with Crippen molar-refractivity contribution in [1.29, 1.82) is 0 Å². The Hall–Kier alpha value is -2.02. The lowest BCUT2D eigenvalue weighted by Gasteiger charge is -2.00. The average Bonchev–Trinajstić information content (AvgIpc) is 2.24. The van der Waals surface area contributed by atoms with Crippen LogP contribution in [0.2, 0.25) is 0 Å². The second-order valence-electron chi connectivity index (χ2n) is 2.92. The number of aliphatic hydroxyl groups excluding tert-OH is 1. The molecule has 0 spiro atoms. The largest absolute Gasteiger partial charge is 0.400 e. The number of aliphatic hydroxyl groups is 1. The molecule has 0 aliphatic heterocycles. The van der Waals surface area contributed by atoms with Crippen LogP contribution in [-0.2, 0) is 0 Å². The first-order valence-electron chi connectivity index (χ1n) is 4.28. The van der Waals surface area contributed by atoms with Crippen molar-refractivity contribution < 1.29 is 15.0 Å². The van der Waals surface area contributed by atoms with Gasteiger partial charge in [0, 0.05) is 18.7 Å². The monoisotopic (exact) mass is 228 g/mol. The summed E-state index contributed by atoms with van der Waals surface area (Å²) in [6.45, 7) is 3.17. The number of nitrogens with zero attached hydrogens (tertiary/aromatic N) is 2. The predicted molar refractivity (Wildman–Crippen MR) is 57.4 cm³/mol. The molecule has 1 rings (SSSR count). The Balaban J connectivity index is 0.00000106. The van der Waals surface area contributed by atoms with Crippen LogP contribution >= 0.6 is 0 Å². The molecule has 7 heteroatoms. The van der Waals surface area contributed by atoms with Crippen molar-refractivity contribution in [2.75, 3.05) is 7.11 Å². The zero-order valence-electron chi connectivity index (χ0n) is 9.13. The van der Waals surface area contributed by atoms with Gasteiger partial charge >= 0.3 is 0 Å². The molecule has 0 saturated carbocycles. The van der Waals surface area contributed by atoms with Gasteiger partial charge in [0.05, 0.1) is 15.9 Å². The van der Waals surface area contributed by atoms with Gasteiger partial charge in [-0.1, -0.05) is 0 Å². The maximum absolute atomic E-state index is 10.5. The summed E-state index contributed by atoms with van der Waals surface area (Å²) in [5.41, 5.74) is 0.544. The van der Waals surface area contributed by atoms with E-state index in [1.54, 1.807) is 13.8 Å². The summed E-state index contributed by atoms with van der Waals surface area (Å²) in [4.78, 5) is 19.7. The molecule has 16 heavy (non-hydrogen) atoms. The zero-order valence-corrected chi connectivity index (χ0v) is 9.13. The quantitative estimate of drug-likeness (QED) is 0.612. The minimum absolute atomic E-state index is 0.211. The van der Waals surface area contributed by atoms with Crippen molar-refractivity contribution in [2.45, 2.75) is 13.8 Å². The van der Waals surface area contributed by atoms with E-state index >= 15 is 0 Å². The van der Waals surface area contributed by atoms with Crippen LogP contribution in [0.4, 0.5) is 11.4 Å². The van der Waals surface area contributed by atoms with Crippen LogP contribution in [0.5, 0.6) is 0 Å². The van der Waals surface area contributed by atoms with E-state index in [1.807, 2.05) is 0 Å². The molecule has 0 fully saturated rings. The molecule has 0 atom stereocenters. The van der Waals surface area contributed by atoms with Gasteiger partial charge in [0.1, 0.15) is 0 Å². The van der Waals surface area contributed by atoms with Gasteiger partial charge < -0.3 is 5.11 Å². The number of nitro benzene ring substituents is 2. The fraction of sp³-hybridized carbons (Fsp3) is 0.333. The third kappa shape index (κ3) is 2.99. The maximum atomic E-state index is 10.5. The molecule has 1 aromatic carbocycles. The molecular weight excluding hydrogens is 216 g/mol. The highest BCUT2D eigenvalue weighted by Crippen LogP contribution is 2.26. The van der Waals surface area contributed by atoms with E-state index in [9.17, 15) is 20.2 Å². The van der Waals surface area contributed by atoms with E-state index in [1.165, 1.54) is 6.07 Å². The van der Waals surface area contributed by atoms with Gasteiger partial charge in [0.15, 0.2) is 0 Å². The normalized spacial score (nSPS) is 9.00. The second kappa shape index (κ2) is 5.76. The molecule has 1 N–H and O–H groups in total. The van der Waals surface area contributed by atoms with Crippen LogP contribution in [0.15, 0.2) is 12.1 Å². The van der Waals surface area contributed by atoms with E-state index in [0.717, 1.165) is 13.2 Å². The van der Waals surface area contributed by atoms with Crippen molar-refractivity contribution >= 4 is 11.4 Å². The predicted octanol–water partition coefficient (Wildman–Crippen LogP) is 1.73. The lowest BCUT2D eigenvalue weighted by Crippen LogP contribution is -1.97. The van der Waals surface area contributed by atoms with Crippen LogP contribution in [0.25, 0.3) is 0 Å². The van der Waals surface area contributed by atoms with E-state index < -0.39 is 9.85 Å². The number of hydrogen-bond donors (Lipinski definition) is 1. The number of rotatable bonds is 2. The van der Waals surface area contributed by atoms with Crippen molar-refractivity contribution in [2.24, 2.45) is 0 Å². The summed E-state index contributed by atoms with van der Waals surface area (Å²) in [6, 6.07) is 2.30. The first-order valence-corrected chi connectivity index (χ1v) is 4.28. The lowest BCUT2D eigenvalue weighted by molar-refractivity contribution is -0.394. The van der Waals surface area contributed by atoms with Crippen molar-refractivity contribution in [3.05, 3.63) is 43.5 Å². The zero-order chi connectivity index (χ0) is 12.9. The van der Waals surface area contributed by atoms with Gasteiger partial charge in [-0.2, -0.15) is 0 Å². The fourth-order valence-corrected chi connectivity index (χ4v) is 1.12. The third-order valence-electron chi connectivity index (χ3n) is 2.03. The first kappa shape index (κ1) is 14.0. The van der Waals surface area contributed by atoms with Crippen molar-refractivity contribution in [3.8, 4) is 0 Å².